The van der Waals surface area contributed by atoms with E-state index in [0.717, 1.165) is 12.5 Å². The van der Waals surface area contributed by atoms with Crippen molar-refractivity contribution < 1.29 is 22.3 Å². The first-order valence-electron chi connectivity index (χ1n) is 8.31. The smallest absolute Gasteiger partial charge is 0.255 e. The van der Waals surface area contributed by atoms with Gasteiger partial charge < -0.3 is 10.1 Å². The Kier molecular flexibility index (Phi) is 5.98. The molecule has 1 amide bonds. The average molecular weight is 413 g/mol. The Labute approximate surface area is 161 Å². The SMILES string of the molecule is O=C(Nc1ccc(F)c(Cl)c1)c1cccc(NS(=O)(=O)CC2CCCO2)c1. The molecule has 0 aromatic heterocycles. The average Bonchev–Trinajstić information content (AvgIpc) is 3.10. The molecule has 1 aliphatic rings. The van der Waals surface area contributed by atoms with Crippen LogP contribution in [0.4, 0.5) is 15.8 Å². The molecular formula is C18H18ClFN2O4S. The van der Waals surface area contributed by atoms with Crippen LogP contribution in [-0.4, -0.2) is 32.8 Å². The first-order valence-corrected chi connectivity index (χ1v) is 10.3. The molecule has 1 saturated heterocycles. The minimum Gasteiger partial charge on any atom is -0.377 e. The Morgan fingerprint density at radius 2 is 2.04 bits per heavy atom. The van der Waals surface area contributed by atoms with Gasteiger partial charge in [-0.3, -0.25) is 9.52 Å². The van der Waals surface area contributed by atoms with Crippen LogP contribution < -0.4 is 10.0 Å². The summed E-state index contributed by atoms with van der Waals surface area (Å²) in [4.78, 5) is 12.4. The maximum Gasteiger partial charge on any atom is 0.255 e. The minimum absolute atomic E-state index is 0.108. The lowest BCUT2D eigenvalue weighted by atomic mass is 10.2. The molecule has 27 heavy (non-hydrogen) atoms. The second-order valence-electron chi connectivity index (χ2n) is 6.18. The number of hydrogen-bond acceptors (Lipinski definition) is 4. The number of benzene rings is 2. The van der Waals surface area contributed by atoms with E-state index in [0.29, 0.717) is 18.7 Å². The summed E-state index contributed by atoms with van der Waals surface area (Å²) in [6, 6.07) is 9.91. The van der Waals surface area contributed by atoms with E-state index in [9.17, 15) is 17.6 Å². The minimum atomic E-state index is -3.60. The van der Waals surface area contributed by atoms with Gasteiger partial charge in [-0.05, 0) is 49.2 Å². The van der Waals surface area contributed by atoms with Crippen molar-refractivity contribution in [3.63, 3.8) is 0 Å². The molecule has 1 atom stereocenters. The van der Waals surface area contributed by atoms with Crippen molar-refractivity contribution in [2.45, 2.75) is 18.9 Å². The summed E-state index contributed by atoms with van der Waals surface area (Å²) in [5.74, 6) is -1.19. The van der Waals surface area contributed by atoms with Crippen LogP contribution in [-0.2, 0) is 14.8 Å². The van der Waals surface area contributed by atoms with Crippen LogP contribution >= 0.6 is 11.6 Å². The molecule has 1 heterocycles. The molecule has 0 saturated carbocycles. The monoisotopic (exact) mass is 412 g/mol. The highest BCUT2D eigenvalue weighted by atomic mass is 35.5. The van der Waals surface area contributed by atoms with Crippen molar-refractivity contribution in [3.05, 3.63) is 58.9 Å². The Bertz CT molecular complexity index is 946. The largest absolute Gasteiger partial charge is 0.377 e. The number of carbonyl (C=O) groups excluding carboxylic acids is 1. The summed E-state index contributed by atoms with van der Waals surface area (Å²) in [6.07, 6.45) is 1.25. The first kappa shape index (κ1) is 19.6. The number of sulfonamides is 1. The molecule has 0 aliphatic carbocycles. The molecule has 1 unspecified atom stereocenters. The van der Waals surface area contributed by atoms with Gasteiger partial charge in [0.1, 0.15) is 5.82 Å². The first-order chi connectivity index (χ1) is 12.8. The van der Waals surface area contributed by atoms with E-state index < -0.39 is 21.7 Å². The van der Waals surface area contributed by atoms with Crippen LogP contribution in [0.1, 0.15) is 23.2 Å². The van der Waals surface area contributed by atoms with Crippen LogP contribution in [0.5, 0.6) is 0 Å². The Morgan fingerprint density at radius 1 is 1.22 bits per heavy atom. The number of hydrogen-bond donors (Lipinski definition) is 2. The highest BCUT2D eigenvalue weighted by Crippen LogP contribution is 2.21. The van der Waals surface area contributed by atoms with E-state index in [1.165, 1.54) is 18.2 Å². The number of rotatable bonds is 6. The fourth-order valence-corrected chi connectivity index (χ4v) is 4.25. The highest BCUT2D eigenvalue weighted by molar-refractivity contribution is 7.92. The fourth-order valence-electron chi connectivity index (χ4n) is 2.74. The standard InChI is InChI=1S/C18H18ClFN2O4S/c19-16-10-13(6-7-17(16)20)21-18(23)12-3-1-4-14(9-12)22-27(24,25)11-15-5-2-8-26-15/h1,3-4,6-7,9-10,15,22H,2,5,8,11H2,(H,21,23). The molecular weight excluding hydrogens is 395 g/mol. The van der Waals surface area contributed by atoms with E-state index in [1.807, 2.05) is 0 Å². The quantitative estimate of drug-likeness (QED) is 0.758. The topological polar surface area (TPSA) is 84.5 Å². The summed E-state index contributed by atoms with van der Waals surface area (Å²) < 4.78 is 45.5. The zero-order valence-corrected chi connectivity index (χ0v) is 15.8. The summed E-state index contributed by atoms with van der Waals surface area (Å²) in [6.45, 7) is 0.573. The molecule has 9 heteroatoms. The Morgan fingerprint density at radius 3 is 2.74 bits per heavy atom. The maximum atomic E-state index is 13.2. The van der Waals surface area contributed by atoms with Crippen molar-refractivity contribution in [1.82, 2.24) is 0 Å². The third-order valence-corrected chi connectivity index (χ3v) is 5.65. The van der Waals surface area contributed by atoms with E-state index >= 15 is 0 Å². The lowest BCUT2D eigenvalue weighted by Crippen LogP contribution is -2.25. The summed E-state index contributed by atoms with van der Waals surface area (Å²) in [5.41, 5.74) is 0.848. The number of nitrogens with one attached hydrogen (secondary N) is 2. The summed E-state index contributed by atoms with van der Waals surface area (Å²) in [5, 5.41) is 2.48. The van der Waals surface area contributed by atoms with Gasteiger partial charge in [0, 0.05) is 23.5 Å². The number of ether oxygens (including phenoxy) is 1. The zero-order valence-electron chi connectivity index (χ0n) is 14.2. The molecule has 2 aromatic carbocycles. The Hall–Kier alpha value is -2.16. The Balaban J connectivity index is 1.68. The van der Waals surface area contributed by atoms with Gasteiger partial charge in [0.25, 0.3) is 5.91 Å². The molecule has 0 spiro atoms. The molecule has 1 fully saturated rings. The van der Waals surface area contributed by atoms with E-state index in [1.54, 1.807) is 18.2 Å². The zero-order chi connectivity index (χ0) is 19.4. The van der Waals surface area contributed by atoms with Crippen LogP contribution in [0.25, 0.3) is 0 Å². The predicted octanol–water partition coefficient (Wildman–Crippen LogP) is 3.65. The van der Waals surface area contributed by atoms with Crippen molar-refractivity contribution >= 4 is 38.9 Å². The summed E-state index contributed by atoms with van der Waals surface area (Å²) >= 11 is 5.70. The van der Waals surface area contributed by atoms with E-state index in [-0.39, 0.29) is 28.1 Å². The maximum absolute atomic E-state index is 13.2. The molecule has 0 radical (unpaired) electrons. The lowest BCUT2D eigenvalue weighted by molar-refractivity contribution is 0.102. The third kappa shape index (κ3) is 5.41. The van der Waals surface area contributed by atoms with Gasteiger partial charge in [-0.25, -0.2) is 12.8 Å². The van der Waals surface area contributed by atoms with Crippen LogP contribution in [0.15, 0.2) is 42.5 Å². The van der Waals surface area contributed by atoms with Crippen LogP contribution in [0.3, 0.4) is 0 Å². The lowest BCUT2D eigenvalue weighted by Gasteiger charge is -2.13. The molecule has 144 valence electrons. The number of halogens is 2. The second-order valence-corrected chi connectivity index (χ2v) is 8.36. The van der Waals surface area contributed by atoms with E-state index in [4.69, 9.17) is 16.3 Å². The van der Waals surface area contributed by atoms with Gasteiger partial charge in [0.05, 0.1) is 16.9 Å². The molecule has 2 aromatic rings. The van der Waals surface area contributed by atoms with Crippen molar-refractivity contribution in [1.29, 1.82) is 0 Å². The third-order valence-electron chi connectivity index (χ3n) is 4.00. The summed E-state index contributed by atoms with van der Waals surface area (Å²) in [7, 11) is -3.60. The van der Waals surface area contributed by atoms with Gasteiger partial charge in [0.15, 0.2) is 0 Å². The second kappa shape index (κ2) is 8.24. The van der Waals surface area contributed by atoms with Crippen molar-refractivity contribution in [2.75, 3.05) is 22.4 Å². The molecule has 1 aliphatic heterocycles. The van der Waals surface area contributed by atoms with Gasteiger partial charge >= 0.3 is 0 Å². The van der Waals surface area contributed by atoms with Crippen molar-refractivity contribution in [2.24, 2.45) is 0 Å². The number of amides is 1. The normalized spacial score (nSPS) is 16.9. The van der Waals surface area contributed by atoms with Gasteiger partial charge in [-0.2, -0.15) is 0 Å². The predicted molar refractivity (Wildman–Crippen MR) is 102 cm³/mol. The molecule has 3 rings (SSSR count). The highest BCUT2D eigenvalue weighted by Gasteiger charge is 2.23. The van der Waals surface area contributed by atoms with Crippen LogP contribution in [0.2, 0.25) is 5.02 Å². The van der Waals surface area contributed by atoms with E-state index in [2.05, 4.69) is 10.0 Å². The number of anilines is 2. The van der Waals surface area contributed by atoms with Gasteiger partial charge in [-0.1, -0.05) is 17.7 Å². The molecule has 6 nitrogen and oxygen atoms in total. The molecule has 0 bridgehead atoms. The number of carbonyl (C=O) groups is 1. The molecule has 2 N–H and O–H groups in total. The van der Waals surface area contributed by atoms with Crippen molar-refractivity contribution in [3.8, 4) is 0 Å². The fraction of sp³-hybridized carbons (Fsp3) is 0.278. The van der Waals surface area contributed by atoms with Crippen LogP contribution in [0, 0.1) is 5.82 Å². The van der Waals surface area contributed by atoms with Gasteiger partial charge in [0.2, 0.25) is 10.0 Å². The van der Waals surface area contributed by atoms with Gasteiger partial charge in [-0.15, -0.1) is 0 Å².